The Bertz CT molecular complexity index is 556. The topological polar surface area (TPSA) is 101 Å². The summed E-state index contributed by atoms with van der Waals surface area (Å²) >= 11 is 0. The van der Waals surface area contributed by atoms with Crippen LogP contribution in [0.15, 0.2) is 9.41 Å². The van der Waals surface area contributed by atoms with Crippen LogP contribution in [0, 0.1) is 13.8 Å². The summed E-state index contributed by atoms with van der Waals surface area (Å²) in [5.41, 5.74) is 0.403. The molecule has 1 aromatic heterocycles. The Morgan fingerprint density at radius 2 is 1.88 bits per heavy atom. The predicted molar refractivity (Wildman–Crippen MR) is 97.6 cm³/mol. The lowest BCUT2D eigenvalue weighted by molar-refractivity contribution is 0.0527. The van der Waals surface area contributed by atoms with E-state index < -0.39 is 11.7 Å². The number of oxazole rings is 1. The molecule has 0 spiro atoms. The van der Waals surface area contributed by atoms with E-state index >= 15 is 0 Å². The van der Waals surface area contributed by atoms with Crippen molar-refractivity contribution in [3.63, 3.8) is 0 Å². The summed E-state index contributed by atoms with van der Waals surface area (Å²) in [4.78, 5) is 20.3. The molecule has 0 bridgehead atoms. The molecule has 3 N–H and O–H groups in total. The summed E-state index contributed by atoms with van der Waals surface area (Å²) < 4.78 is 10.7. The Hall–Kier alpha value is -2.25. The van der Waals surface area contributed by atoms with E-state index in [0.717, 1.165) is 24.4 Å². The lowest BCUT2D eigenvalue weighted by Gasteiger charge is -2.19. The summed E-state index contributed by atoms with van der Waals surface area (Å²) in [5, 5.41) is 9.10. The van der Waals surface area contributed by atoms with Crippen LogP contribution in [0.2, 0.25) is 0 Å². The zero-order valence-corrected chi connectivity index (χ0v) is 16.2. The molecule has 8 heteroatoms. The lowest BCUT2D eigenvalue weighted by Crippen LogP contribution is -2.39. The molecule has 0 aromatic carbocycles. The molecular formula is C17H31N5O3. The van der Waals surface area contributed by atoms with Gasteiger partial charge in [-0.2, -0.15) is 0 Å². The highest BCUT2D eigenvalue weighted by molar-refractivity contribution is 5.79. The van der Waals surface area contributed by atoms with Gasteiger partial charge in [0.05, 0.1) is 5.69 Å². The second-order valence-electron chi connectivity index (χ2n) is 6.65. The maximum absolute atomic E-state index is 11.5. The molecule has 1 heterocycles. The molecular weight excluding hydrogens is 322 g/mol. The van der Waals surface area contributed by atoms with Crippen molar-refractivity contribution >= 4 is 12.1 Å². The molecule has 0 saturated carbocycles. The van der Waals surface area contributed by atoms with Crippen molar-refractivity contribution in [1.82, 2.24) is 20.9 Å². The van der Waals surface area contributed by atoms with E-state index in [2.05, 4.69) is 25.9 Å². The van der Waals surface area contributed by atoms with E-state index in [-0.39, 0.29) is 0 Å². The van der Waals surface area contributed by atoms with Crippen LogP contribution in [-0.2, 0) is 11.3 Å². The first kappa shape index (κ1) is 20.8. The van der Waals surface area contributed by atoms with E-state index in [1.54, 1.807) is 0 Å². The smallest absolute Gasteiger partial charge is 0.407 e. The Morgan fingerprint density at radius 3 is 2.44 bits per heavy atom. The third kappa shape index (κ3) is 8.97. The third-order valence-corrected chi connectivity index (χ3v) is 3.10. The van der Waals surface area contributed by atoms with Crippen LogP contribution in [0.1, 0.15) is 51.5 Å². The van der Waals surface area contributed by atoms with Crippen LogP contribution in [-0.4, -0.2) is 42.3 Å². The number of guanidine groups is 1. The highest BCUT2D eigenvalue weighted by Crippen LogP contribution is 2.09. The van der Waals surface area contributed by atoms with Gasteiger partial charge in [-0.25, -0.2) is 14.8 Å². The van der Waals surface area contributed by atoms with Crippen LogP contribution < -0.4 is 16.0 Å². The summed E-state index contributed by atoms with van der Waals surface area (Å²) in [6.07, 6.45) is 0.351. The van der Waals surface area contributed by atoms with Crippen molar-refractivity contribution in [2.75, 3.05) is 19.6 Å². The van der Waals surface area contributed by atoms with Gasteiger partial charge >= 0.3 is 6.09 Å². The van der Waals surface area contributed by atoms with Crippen LogP contribution in [0.4, 0.5) is 4.79 Å². The quantitative estimate of drug-likeness (QED) is 0.395. The second kappa shape index (κ2) is 9.90. The Labute approximate surface area is 149 Å². The standard InChI is InChI=1S/C17H31N5O3/c1-7-18-15(21-11-14-22-12(2)13(3)24-14)19-9-8-10-20-16(23)25-17(4,5)6/h7-11H2,1-6H3,(H,20,23)(H2,18,19,21). The first-order valence-electron chi connectivity index (χ1n) is 8.63. The summed E-state index contributed by atoms with van der Waals surface area (Å²) in [6, 6.07) is 0. The summed E-state index contributed by atoms with van der Waals surface area (Å²) in [7, 11) is 0. The number of nitrogens with one attached hydrogen (secondary N) is 3. The minimum absolute atomic E-state index is 0.375. The number of aliphatic imine (C=N–C) groups is 1. The van der Waals surface area contributed by atoms with Crippen LogP contribution >= 0.6 is 0 Å². The molecule has 0 aliphatic rings. The van der Waals surface area contributed by atoms with Crippen molar-refractivity contribution in [3.8, 4) is 0 Å². The van der Waals surface area contributed by atoms with Crippen LogP contribution in [0.25, 0.3) is 0 Å². The zero-order chi connectivity index (χ0) is 18.9. The van der Waals surface area contributed by atoms with Crippen molar-refractivity contribution in [2.45, 2.75) is 60.1 Å². The van der Waals surface area contributed by atoms with E-state index in [1.807, 2.05) is 41.5 Å². The Balaban J connectivity index is 2.33. The summed E-state index contributed by atoms with van der Waals surface area (Å²) in [6.45, 7) is 13.6. The van der Waals surface area contributed by atoms with Crippen molar-refractivity contribution < 1.29 is 13.9 Å². The average Bonchev–Trinajstić information content (AvgIpc) is 2.81. The fourth-order valence-electron chi connectivity index (χ4n) is 1.90. The molecule has 0 unspecified atom stereocenters. The first-order chi connectivity index (χ1) is 11.7. The number of amides is 1. The first-order valence-corrected chi connectivity index (χ1v) is 8.63. The van der Waals surface area contributed by atoms with Crippen molar-refractivity contribution in [1.29, 1.82) is 0 Å². The Morgan fingerprint density at radius 1 is 1.20 bits per heavy atom. The second-order valence-corrected chi connectivity index (χ2v) is 6.65. The zero-order valence-electron chi connectivity index (χ0n) is 16.2. The van der Waals surface area contributed by atoms with Gasteiger partial charge in [-0.05, 0) is 48.0 Å². The molecule has 1 aromatic rings. The maximum atomic E-state index is 11.5. The number of nitrogens with zero attached hydrogens (tertiary/aromatic N) is 2. The third-order valence-electron chi connectivity index (χ3n) is 3.10. The van der Waals surface area contributed by atoms with Crippen LogP contribution in [0.3, 0.4) is 0 Å². The number of carbonyl (C=O) groups is 1. The van der Waals surface area contributed by atoms with E-state index in [4.69, 9.17) is 9.15 Å². The number of aromatic nitrogens is 1. The normalized spacial score (nSPS) is 12.0. The number of alkyl carbamates (subject to hydrolysis) is 1. The van der Waals surface area contributed by atoms with Gasteiger partial charge in [0, 0.05) is 19.6 Å². The molecule has 25 heavy (non-hydrogen) atoms. The number of hydrogen-bond donors (Lipinski definition) is 3. The van der Waals surface area contributed by atoms with Crippen molar-refractivity contribution in [2.24, 2.45) is 4.99 Å². The van der Waals surface area contributed by atoms with Gasteiger partial charge in [-0.3, -0.25) is 0 Å². The fraction of sp³-hybridized carbons (Fsp3) is 0.706. The van der Waals surface area contributed by atoms with E-state index in [1.165, 1.54) is 0 Å². The van der Waals surface area contributed by atoms with E-state index in [0.29, 0.717) is 31.5 Å². The van der Waals surface area contributed by atoms with Gasteiger partial charge < -0.3 is 25.1 Å². The molecule has 8 nitrogen and oxygen atoms in total. The number of aryl methyl sites for hydroxylation is 2. The number of hydrogen-bond acceptors (Lipinski definition) is 5. The van der Waals surface area contributed by atoms with E-state index in [9.17, 15) is 4.79 Å². The maximum Gasteiger partial charge on any atom is 0.407 e. The number of rotatable bonds is 7. The van der Waals surface area contributed by atoms with Crippen molar-refractivity contribution in [3.05, 3.63) is 17.3 Å². The van der Waals surface area contributed by atoms with Crippen LogP contribution in [0.5, 0.6) is 0 Å². The van der Waals surface area contributed by atoms with Gasteiger partial charge in [-0.1, -0.05) is 0 Å². The molecule has 0 aliphatic carbocycles. The minimum atomic E-state index is -0.482. The lowest BCUT2D eigenvalue weighted by atomic mass is 10.2. The predicted octanol–water partition coefficient (Wildman–Crippen LogP) is 2.26. The number of ether oxygens (including phenoxy) is 1. The van der Waals surface area contributed by atoms with Gasteiger partial charge in [0.1, 0.15) is 17.9 Å². The molecule has 1 amide bonds. The molecule has 0 aliphatic heterocycles. The monoisotopic (exact) mass is 353 g/mol. The molecule has 0 atom stereocenters. The van der Waals surface area contributed by atoms with Gasteiger partial charge in [0.2, 0.25) is 5.89 Å². The highest BCUT2D eigenvalue weighted by Gasteiger charge is 2.15. The van der Waals surface area contributed by atoms with Gasteiger partial charge in [0.15, 0.2) is 5.96 Å². The molecule has 142 valence electrons. The molecule has 0 fully saturated rings. The minimum Gasteiger partial charge on any atom is -0.444 e. The SMILES string of the molecule is CCNC(=NCc1nc(C)c(C)o1)NCCCNC(=O)OC(C)(C)C. The molecule has 0 radical (unpaired) electrons. The largest absolute Gasteiger partial charge is 0.444 e. The van der Waals surface area contributed by atoms with Gasteiger partial charge in [-0.15, -0.1) is 0 Å². The van der Waals surface area contributed by atoms with Gasteiger partial charge in [0.25, 0.3) is 0 Å². The fourth-order valence-corrected chi connectivity index (χ4v) is 1.90. The molecule has 0 saturated heterocycles. The number of carbonyl (C=O) groups excluding carboxylic acids is 1. The molecule has 1 rings (SSSR count). The Kier molecular flexibility index (Phi) is 8.24. The average molecular weight is 353 g/mol. The summed E-state index contributed by atoms with van der Waals surface area (Å²) in [5.74, 6) is 2.10. The highest BCUT2D eigenvalue weighted by atomic mass is 16.6.